The van der Waals surface area contributed by atoms with Gasteiger partial charge >= 0.3 is 0 Å². The second-order valence-corrected chi connectivity index (χ2v) is 7.21. The number of ether oxygens (including phenoxy) is 1. The highest BCUT2D eigenvalue weighted by Crippen LogP contribution is 2.41. The van der Waals surface area contributed by atoms with Crippen molar-refractivity contribution in [3.63, 3.8) is 0 Å². The number of carbonyl (C=O) groups excluding carboxylic acids is 2. The number of amides is 1. The maximum atomic E-state index is 13.4. The Kier molecular flexibility index (Phi) is 5.61. The fraction of sp³-hybridized carbons (Fsp3) is 0.0833. The summed E-state index contributed by atoms with van der Waals surface area (Å²) >= 11 is 0. The van der Waals surface area contributed by atoms with Crippen LogP contribution >= 0.6 is 0 Å². The van der Waals surface area contributed by atoms with Gasteiger partial charge < -0.3 is 14.5 Å². The number of hydrogen-bond donors (Lipinski definition) is 1. The van der Waals surface area contributed by atoms with E-state index in [1.54, 1.807) is 19.1 Å². The molecule has 1 aromatic heterocycles. The van der Waals surface area contributed by atoms with E-state index in [0.29, 0.717) is 22.1 Å². The number of aryl methyl sites for hydroxylation is 1. The lowest BCUT2D eigenvalue weighted by molar-refractivity contribution is -0.384. The van der Waals surface area contributed by atoms with Crippen molar-refractivity contribution >= 4 is 29.0 Å². The molecule has 0 radical (unpaired) electrons. The zero-order valence-electron chi connectivity index (χ0n) is 17.5. The molecule has 0 saturated heterocycles. The fourth-order valence-electron chi connectivity index (χ4n) is 3.62. The third-order valence-electron chi connectivity index (χ3n) is 5.24. The number of nitro benzene ring substituents is 1. The van der Waals surface area contributed by atoms with E-state index in [1.807, 2.05) is 0 Å². The quantitative estimate of drug-likeness (QED) is 0.252. The van der Waals surface area contributed by atoms with E-state index in [9.17, 15) is 24.1 Å². The van der Waals surface area contributed by atoms with Gasteiger partial charge in [0, 0.05) is 18.0 Å². The monoisotopic (exact) mass is 448 g/mol. The Hall–Kier alpha value is -4.53. The van der Waals surface area contributed by atoms with Crippen molar-refractivity contribution in [1.29, 1.82) is 0 Å². The molecule has 9 heteroatoms. The number of rotatable bonds is 6. The van der Waals surface area contributed by atoms with Crippen LogP contribution < -0.4 is 10.1 Å². The summed E-state index contributed by atoms with van der Waals surface area (Å²) in [5.41, 5.74) is 1.76. The molecule has 33 heavy (non-hydrogen) atoms. The molecule has 1 heterocycles. The minimum Gasteiger partial charge on any atom is -0.455 e. The topological polar surface area (TPSA) is 112 Å². The first kappa shape index (κ1) is 21.7. The van der Waals surface area contributed by atoms with Gasteiger partial charge in [-0.3, -0.25) is 19.7 Å². The summed E-state index contributed by atoms with van der Waals surface area (Å²) in [6, 6.07) is 12.9. The third-order valence-corrected chi connectivity index (χ3v) is 5.24. The minimum absolute atomic E-state index is 0.125. The van der Waals surface area contributed by atoms with E-state index in [1.165, 1.54) is 49.5 Å². The Morgan fingerprint density at radius 2 is 1.82 bits per heavy atom. The predicted octanol–water partition coefficient (Wildman–Crippen LogP) is 5.02. The van der Waals surface area contributed by atoms with Crippen LogP contribution in [-0.4, -0.2) is 24.4 Å². The molecule has 1 N–H and O–H groups in total. The van der Waals surface area contributed by atoms with Crippen LogP contribution in [0, 0.1) is 22.9 Å². The lowest BCUT2D eigenvalue weighted by Crippen LogP contribution is -2.18. The molecule has 0 saturated carbocycles. The molecule has 166 valence electrons. The van der Waals surface area contributed by atoms with Gasteiger partial charge in [0.2, 0.25) is 0 Å². The highest BCUT2D eigenvalue weighted by Gasteiger charge is 2.26. The molecule has 0 atom stereocenters. The highest BCUT2D eigenvalue weighted by molar-refractivity contribution is 6.12. The van der Waals surface area contributed by atoms with Gasteiger partial charge in [-0.15, -0.1) is 0 Å². The number of halogens is 1. The van der Waals surface area contributed by atoms with Gasteiger partial charge in [-0.1, -0.05) is 12.1 Å². The lowest BCUT2D eigenvalue weighted by atomic mass is 9.97. The van der Waals surface area contributed by atoms with E-state index in [2.05, 4.69) is 5.32 Å². The van der Waals surface area contributed by atoms with Crippen LogP contribution in [-0.2, 0) is 4.79 Å². The van der Waals surface area contributed by atoms with Crippen LogP contribution in [0.4, 0.5) is 10.1 Å². The molecular weight excluding hydrogens is 431 g/mol. The van der Waals surface area contributed by atoms with E-state index in [4.69, 9.17) is 9.15 Å². The normalized spacial score (nSPS) is 10.8. The first-order valence-corrected chi connectivity index (χ1v) is 9.78. The number of nitrogens with zero attached hydrogens (tertiary/aromatic N) is 1. The Morgan fingerprint density at radius 3 is 2.45 bits per heavy atom. The Morgan fingerprint density at radius 1 is 1.12 bits per heavy atom. The predicted molar refractivity (Wildman–Crippen MR) is 119 cm³/mol. The number of furan rings is 1. The van der Waals surface area contributed by atoms with Crippen LogP contribution in [0.5, 0.6) is 5.75 Å². The maximum Gasteiger partial charge on any atom is 0.298 e. The van der Waals surface area contributed by atoms with Crippen LogP contribution in [0.3, 0.4) is 0 Å². The van der Waals surface area contributed by atoms with Crippen LogP contribution in [0.1, 0.15) is 15.9 Å². The first-order valence-electron chi connectivity index (χ1n) is 9.78. The van der Waals surface area contributed by atoms with Gasteiger partial charge in [0.05, 0.1) is 22.1 Å². The summed E-state index contributed by atoms with van der Waals surface area (Å²) in [6.07, 6.45) is 0. The zero-order chi connectivity index (χ0) is 23.7. The Balaban J connectivity index is 2.03. The fourth-order valence-corrected chi connectivity index (χ4v) is 3.62. The molecule has 0 spiro atoms. The molecule has 0 aliphatic carbocycles. The van der Waals surface area contributed by atoms with Crippen LogP contribution in [0.25, 0.3) is 33.4 Å². The smallest absolute Gasteiger partial charge is 0.298 e. The third kappa shape index (κ3) is 3.91. The summed E-state index contributed by atoms with van der Waals surface area (Å²) < 4.78 is 24.2. The zero-order valence-corrected chi connectivity index (χ0v) is 17.5. The van der Waals surface area contributed by atoms with Crippen LogP contribution in [0.2, 0.25) is 0 Å². The summed E-state index contributed by atoms with van der Waals surface area (Å²) in [7, 11) is 1.45. The molecule has 0 aliphatic rings. The molecule has 0 unspecified atom stereocenters. The summed E-state index contributed by atoms with van der Waals surface area (Å²) in [6.45, 7) is 2.01. The average Bonchev–Trinajstić information content (AvgIpc) is 3.18. The molecule has 0 aliphatic heterocycles. The van der Waals surface area contributed by atoms with Gasteiger partial charge in [-0.2, -0.15) is 0 Å². The number of nitro groups is 1. The van der Waals surface area contributed by atoms with Gasteiger partial charge in [0.15, 0.2) is 0 Å². The molecule has 1 amide bonds. The Labute approximate surface area is 186 Å². The van der Waals surface area contributed by atoms with Crippen molar-refractivity contribution in [3.8, 4) is 28.2 Å². The Bertz CT molecular complexity index is 1410. The van der Waals surface area contributed by atoms with Gasteiger partial charge in [0.25, 0.3) is 18.1 Å². The number of hydrogen-bond acceptors (Lipinski definition) is 6. The second-order valence-electron chi connectivity index (χ2n) is 7.21. The van der Waals surface area contributed by atoms with E-state index >= 15 is 0 Å². The average molecular weight is 448 g/mol. The molecule has 0 fully saturated rings. The first-order chi connectivity index (χ1) is 15.8. The minimum atomic E-state index is -0.561. The number of nitrogens with one attached hydrogen (secondary N) is 1. The number of fused-ring (bicyclic) bond motifs is 1. The largest absolute Gasteiger partial charge is 0.455 e. The van der Waals surface area contributed by atoms with Crippen LogP contribution in [0.15, 0.2) is 59.0 Å². The van der Waals surface area contributed by atoms with Crippen molar-refractivity contribution in [3.05, 3.63) is 81.7 Å². The van der Waals surface area contributed by atoms with Crippen molar-refractivity contribution < 1.29 is 28.1 Å². The summed E-state index contributed by atoms with van der Waals surface area (Å²) in [4.78, 5) is 34.9. The SMILES string of the molecule is CNC(=O)c1c(-c2ccc(F)cc2)oc2cc([N+](=O)[O-])c(-c3ccc(C)c(OC=O)c3)cc12. The van der Waals surface area contributed by atoms with Crippen molar-refractivity contribution in [1.82, 2.24) is 5.32 Å². The molecule has 3 aromatic carbocycles. The molecule has 4 aromatic rings. The van der Waals surface area contributed by atoms with E-state index in [-0.39, 0.29) is 40.4 Å². The maximum absolute atomic E-state index is 13.4. The van der Waals surface area contributed by atoms with E-state index in [0.717, 1.165) is 0 Å². The summed E-state index contributed by atoms with van der Waals surface area (Å²) in [5.74, 6) is -0.518. The van der Waals surface area contributed by atoms with Crippen molar-refractivity contribution in [2.45, 2.75) is 6.92 Å². The second kappa shape index (κ2) is 8.54. The van der Waals surface area contributed by atoms with Crippen molar-refractivity contribution in [2.24, 2.45) is 0 Å². The number of benzene rings is 3. The number of carbonyl (C=O) groups is 2. The van der Waals surface area contributed by atoms with Gasteiger partial charge in [-0.25, -0.2) is 4.39 Å². The standard InChI is InChI=1S/C24H17FN2O6/c1-13-3-4-15(9-20(13)32-12-28)17-10-18-21(11-19(17)27(30)31)33-23(22(18)24(29)26-2)14-5-7-16(25)8-6-14/h3-12H,1-2H3,(H,26,29). The van der Waals surface area contributed by atoms with Crippen molar-refractivity contribution in [2.75, 3.05) is 7.05 Å². The van der Waals surface area contributed by atoms with Gasteiger partial charge in [0.1, 0.15) is 22.9 Å². The molecular formula is C24H17FN2O6. The van der Waals surface area contributed by atoms with E-state index < -0.39 is 16.6 Å². The van der Waals surface area contributed by atoms with Gasteiger partial charge in [-0.05, 0) is 54.4 Å². The summed E-state index contributed by atoms with van der Waals surface area (Å²) in [5, 5.41) is 14.7. The molecule has 4 rings (SSSR count). The molecule has 8 nitrogen and oxygen atoms in total. The molecule has 0 bridgehead atoms. The lowest BCUT2D eigenvalue weighted by Gasteiger charge is -2.08. The highest BCUT2D eigenvalue weighted by atomic mass is 19.1.